The molecule has 1 aromatic heterocycles. The first kappa shape index (κ1) is 24.0. The standard InChI is InChI=1S/C23H28Cl2N2O3S2/c1-2-3-9-27-21-14-18(25)7-8-22(21)31-23(27)15-19-12-16-5-6-17(24)13-20(16)26(19)10-4-11-32(28,29)30/h7-8,12,14-15,17,20H,2-6,9-11,13H2,1H3/p+1. The van der Waals surface area contributed by atoms with Gasteiger partial charge in [0, 0.05) is 41.2 Å². The molecule has 0 amide bonds. The monoisotopic (exact) mass is 515 g/mol. The van der Waals surface area contributed by atoms with Crippen LogP contribution < -0.4 is 4.57 Å². The molecule has 4 rings (SSSR count). The Hall–Kier alpha value is -1.12. The van der Waals surface area contributed by atoms with Crippen molar-refractivity contribution < 1.29 is 17.5 Å². The fraction of sp³-hybridized carbons (Fsp3) is 0.522. The molecule has 1 saturated carbocycles. The Morgan fingerprint density at radius 1 is 1.34 bits per heavy atom. The Balaban J connectivity index is 1.71. The van der Waals surface area contributed by atoms with Gasteiger partial charge in [0.2, 0.25) is 5.52 Å². The quantitative estimate of drug-likeness (QED) is 0.279. The summed E-state index contributed by atoms with van der Waals surface area (Å²) in [6, 6.07) is 6.23. The van der Waals surface area contributed by atoms with E-state index >= 15 is 0 Å². The Morgan fingerprint density at radius 2 is 2.16 bits per heavy atom. The van der Waals surface area contributed by atoms with Crippen molar-refractivity contribution in [3.05, 3.63) is 45.6 Å². The van der Waals surface area contributed by atoms with Gasteiger partial charge < -0.3 is 4.90 Å². The molecule has 1 fully saturated rings. The topological polar surface area (TPSA) is 61.5 Å². The van der Waals surface area contributed by atoms with Crippen molar-refractivity contribution in [3.8, 4) is 0 Å². The third-order valence-corrected chi connectivity index (χ3v) is 8.74. The van der Waals surface area contributed by atoms with E-state index in [1.165, 1.54) is 10.3 Å². The summed E-state index contributed by atoms with van der Waals surface area (Å²) < 4.78 is 35.2. The van der Waals surface area contributed by atoms with Gasteiger partial charge in [-0.25, -0.2) is 0 Å². The highest BCUT2D eigenvalue weighted by Gasteiger charge is 2.35. The maximum absolute atomic E-state index is 11.3. The van der Waals surface area contributed by atoms with Crippen molar-refractivity contribution in [1.29, 1.82) is 0 Å². The number of unbranched alkanes of at least 4 members (excludes halogenated alkanes) is 1. The van der Waals surface area contributed by atoms with Gasteiger partial charge in [0.15, 0.2) is 6.54 Å². The van der Waals surface area contributed by atoms with Crippen molar-refractivity contribution >= 4 is 60.9 Å². The lowest BCUT2D eigenvalue weighted by Gasteiger charge is -2.34. The van der Waals surface area contributed by atoms with Gasteiger partial charge in [0.25, 0.3) is 15.1 Å². The number of halogens is 2. The fourth-order valence-corrected chi connectivity index (χ4v) is 6.68. The molecule has 1 N–H and O–H groups in total. The van der Waals surface area contributed by atoms with E-state index in [0.29, 0.717) is 13.0 Å². The van der Waals surface area contributed by atoms with Gasteiger partial charge in [0.05, 0.1) is 11.8 Å². The lowest BCUT2D eigenvalue weighted by Crippen LogP contribution is -2.37. The number of alkyl halides is 1. The molecule has 1 aliphatic carbocycles. The maximum atomic E-state index is 11.3. The number of allylic oxidation sites excluding steroid dienone is 1. The summed E-state index contributed by atoms with van der Waals surface area (Å²) in [6.07, 6.45) is 9.81. The Labute approximate surface area is 204 Å². The molecule has 1 aromatic carbocycles. The van der Waals surface area contributed by atoms with E-state index in [-0.39, 0.29) is 17.2 Å². The number of nitrogens with zero attached hydrogens (tertiary/aromatic N) is 2. The minimum Gasteiger partial charge on any atom is -0.364 e. The number of rotatable bonds is 8. The van der Waals surface area contributed by atoms with Gasteiger partial charge in [-0.15, -0.1) is 11.6 Å². The minimum atomic E-state index is -3.97. The van der Waals surface area contributed by atoms with E-state index in [2.05, 4.69) is 34.6 Å². The van der Waals surface area contributed by atoms with Crippen LogP contribution in [0.4, 0.5) is 0 Å². The SMILES string of the molecule is CCCC[n+]1c(/C=C2\C=C3CCC(Cl)CC3N2CCCS(=O)(=O)O)sc2ccc(Cl)cc21. The van der Waals surface area contributed by atoms with E-state index in [1.54, 1.807) is 11.3 Å². The summed E-state index contributed by atoms with van der Waals surface area (Å²) in [4.78, 5) is 2.27. The Morgan fingerprint density at radius 3 is 2.91 bits per heavy atom. The largest absolute Gasteiger partial charge is 0.364 e. The third kappa shape index (κ3) is 5.50. The van der Waals surface area contributed by atoms with Crippen LogP contribution in [0.2, 0.25) is 5.02 Å². The van der Waals surface area contributed by atoms with Crippen LogP contribution in [-0.4, -0.2) is 41.6 Å². The smallest absolute Gasteiger partial charge is 0.264 e. The first-order valence-corrected chi connectivity index (χ1v) is 14.4. The van der Waals surface area contributed by atoms with Gasteiger partial charge in [0.1, 0.15) is 4.70 Å². The lowest BCUT2D eigenvalue weighted by molar-refractivity contribution is -0.669. The summed E-state index contributed by atoms with van der Waals surface area (Å²) in [7, 11) is -3.97. The van der Waals surface area contributed by atoms with Crippen LogP contribution in [0.25, 0.3) is 16.3 Å². The highest BCUT2D eigenvalue weighted by Crippen LogP contribution is 2.39. The molecule has 2 aromatic rings. The van der Waals surface area contributed by atoms with Crippen molar-refractivity contribution in [2.45, 2.75) is 63.4 Å². The molecule has 0 spiro atoms. The zero-order valence-corrected chi connectivity index (χ0v) is 21.3. The molecular weight excluding hydrogens is 487 g/mol. The zero-order valence-electron chi connectivity index (χ0n) is 18.1. The van der Waals surface area contributed by atoms with Crippen LogP contribution >= 0.6 is 34.5 Å². The predicted molar refractivity (Wildman–Crippen MR) is 133 cm³/mol. The number of thiazole rings is 1. The number of hydrogen-bond donors (Lipinski definition) is 1. The van der Waals surface area contributed by atoms with Crippen LogP contribution in [0.1, 0.15) is 50.5 Å². The van der Waals surface area contributed by atoms with Crippen LogP contribution in [0, 0.1) is 0 Å². The minimum absolute atomic E-state index is 0.126. The van der Waals surface area contributed by atoms with E-state index in [0.717, 1.165) is 59.9 Å². The highest BCUT2D eigenvalue weighted by molar-refractivity contribution is 7.85. The second-order valence-corrected chi connectivity index (χ2v) is 12.3. The summed E-state index contributed by atoms with van der Waals surface area (Å²) in [5, 5.41) is 2.01. The number of fused-ring (bicyclic) bond motifs is 2. The van der Waals surface area contributed by atoms with Gasteiger partial charge in [-0.3, -0.25) is 4.55 Å². The molecule has 2 heterocycles. The molecule has 1 aliphatic heterocycles. The third-order valence-electron chi connectivity index (χ3n) is 6.19. The second kappa shape index (κ2) is 10.0. The summed E-state index contributed by atoms with van der Waals surface area (Å²) in [6.45, 7) is 3.67. The average Bonchev–Trinajstić information content (AvgIpc) is 3.23. The van der Waals surface area contributed by atoms with Gasteiger partial charge >= 0.3 is 0 Å². The summed E-state index contributed by atoms with van der Waals surface area (Å²) in [5.74, 6) is -0.235. The molecule has 2 unspecified atom stereocenters. The lowest BCUT2D eigenvalue weighted by atomic mass is 9.90. The van der Waals surface area contributed by atoms with Crippen molar-refractivity contribution in [3.63, 3.8) is 0 Å². The second-order valence-electron chi connectivity index (χ2n) is 8.57. The van der Waals surface area contributed by atoms with Crippen molar-refractivity contribution in [1.82, 2.24) is 4.90 Å². The number of aryl methyl sites for hydroxylation is 1. The first-order valence-electron chi connectivity index (χ1n) is 11.1. The maximum Gasteiger partial charge on any atom is 0.264 e. The Bertz CT molecular complexity index is 1160. The molecule has 32 heavy (non-hydrogen) atoms. The normalized spacial score (nSPS) is 22.6. The summed E-state index contributed by atoms with van der Waals surface area (Å²) >= 11 is 14.5. The molecule has 174 valence electrons. The van der Waals surface area contributed by atoms with Gasteiger partial charge in [-0.1, -0.05) is 36.3 Å². The molecule has 5 nitrogen and oxygen atoms in total. The van der Waals surface area contributed by atoms with E-state index in [1.807, 2.05) is 12.1 Å². The molecular formula is C23H29Cl2N2O3S2+. The molecule has 0 saturated heterocycles. The van der Waals surface area contributed by atoms with Gasteiger partial charge in [-0.05, 0) is 49.5 Å². The Kier molecular flexibility index (Phi) is 7.52. The first-order chi connectivity index (χ1) is 15.2. The van der Waals surface area contributed by atoms with Crippen LogP contribution in [0.5, 0.6) is 0 Å². The number of benzene rings is 1. The van der Waals surface area contributed by atoms with Crippen LogP contribution in [0.15, 0.2) is 35.5 Å². The molecule has 9 heteroatoms. The average molecular weight is 517 g/mol. The zero-order chi connectivity index (χ0) is 22.9. The molecule has 2 aliphatic rings. The van der Waals surface area contributed by atoms with E-state index < -0.39 is 10.1 Å². The molecule has 0 radical (unpaired) electrons. The number of aromatic nitrogens is 1. The van der Waals surface area contributed by atoms with Gasteiger partial charge in [-0.2, -0.15) is 13.0 Å². The fourth-order valence-electron chi connectivity index (χ4n) is 4.63. The van der Waals surface area contributed by atoms with Crippen molar-refractivity contribution in [2.24, 2.45) is 0 Å². The highest BCUT2D eigenvalue weighted by atomic mass is 35.5. The molecule has 0 bridgehead atoms. The van der Waals surface area contributed by atoms with Crippen LogP contribution in [0.3, 0.4) is 0 Å². The predicted octanol–water partition coefficient (Wildman–Crippen LogP) is 5.66. The molecule has 2 atom stereocenters. The summed E-state index contributed by atoms with van der Waals surface area (Å²) in [5.41, 5.74) is 3.60. The number of hydrogen-bond acceptors (Lipinski definition) is 4. The van der Waals surface area contributed by atoms with E-state index in [9.17, 15) is 13.0 Å². The van der Waals surface area contributed by atoms with E-state index in [4.69, 9.17) is 23.2 Å². The van der Waals surface area contributed by atoms with Crippen molar-refractivity contribution in [2.75, 3.05) is 12.3 Å². The van der Waals surface area contributed by atoms with Crippen LogP contribution in [-0.2, 0) is 16.7 Å².